The molecule has 1 aromatic rings. The molecule has 4 N–H and O–H groups in total. The van der Waals surface area contributed by atoms with Crippen LogP contribution in [-0.2, 0) is 0 Å². The summed E-state index contributed by atoms with van der Waals surface area (Å²) < 4.78 is 0. The monoisotopic (exact) mass is 291 g/mol. The molecule has 1 fully saturated rings. The van der Waals surface area contributed by atoms with Crippen molar-refractivity contribution in [1.29, 1.82) is 0 Å². The van der Waals surface area contributed by atoms with Crippen molar-refractivity contribution < 1.29 is 9.90 Å². The summed E-state index contributed by atoms with van der Waals surface area (Å²) >= 11 is 0. The predicted molar refractivity (Wildman–Crippen MR) is 85.5 cm³/mol. The van der Waals surface area contributed by atoms with Crippen LogP contribution in [0.25, 0.3) is 0 Å². The zero-order chi connectivity index (χ0) is 15.5. The number of carbonyl (C=O) groups excluding carboxylic acids is 1. The first-order chi connectivity index (χ1) is 9.97. The third-order valence-corrected chi connectivity index (χ3v) is 4.40. The fraction of sp³-hybridized carbons (Fsp3) is 0.562. The molecule has 0 radical (unpaired) electrons. The summed E-state index contributed by atoms with van der Waals surface area (Å²) in [6.45, 7) is 0.659. The van der Waals surface area contributed by atoms with Gasteiger partial charge in [0.15, 0.2) is 0 Å². The van der Waals surface area contributed by atoms with Crippen molar-refractivity contribution in [3.05, 3.63) is 23.8 Å². The lowest BCUT2D eigenvalue weighted by molar-refractivity contribution is 0.0880. The lowest BCUT2D eigenvalue weighted by Crippen LogP contribution is -2.38. The van der Waals surface area contributed by atoms with Crippen molar-refractivity contribution in [2.45, 2.75) is 25.7 Å². The van der Waals surface area contributed by atoms with E-state index in [0.29, 0.717) is 17.8 Å². The van der Waals surface area contributed by atoms with Gasteiger partial charge in [-0.15, -0.1) is 0 Å². The number of nitrogen functional groups attached to an aromatic ring is 1. The van der Waals surface area contributed by atoms with E-state index in [1.165, 1.54) is 0 Å². The quantitative estimate of drug-likeness (QED) is 0.720. The van der Waals surface area contributed by atoms with Crippen LogP contribution in [0.15, 0.2) is 18.2 Å². The van der Waals surface area contributed by atoms with Gasteiger partial charge in [0.25, 0.3) is 5.91 Å². The number of hydrogen-bond acceptors (Lipinski definition) is 4. The third kappa shape index (κ3) is 3.47. The van der Waals surface area contributed by atoms with Crippen LogP contribution in [0.2, 0.25) is 0 Å². The van der Waals surface area contributed by atoms with Gasteiger partial charge < -0.3 is 21.1 Å². The molecule has 1 aliphatic carbocycles. The molecule has 0 aromatic heterocycles. The van der Waals surface area contributed by atoms with Gasteiger partial charge in [-0.25, -0.2) is 0 Å². The Balaban J connectivity index is 2.02. The Hall–Kier alpha value is -1.75. The summed E-state index contributed by atoms with van der Waals surface area (Å²) in [6.07, 6.45) is 4.21. The zero-order valence-corrected chi connectivity index (χ0v) is 12.9. The van der Waals surface area contributed by atoms with E-state index in [4.69, 9.17) is 5.73 Å². The largest absolute Gasteiger partial charge is 0.397 e. The molecular formula is C16H25N3O2. The lowest BCUT2D eigenvalue weighted by Gasteiger charge is -2.26. The molecule has 5 nitrogen and oxygen atoms in total. The maximum Gasteiger partial charge on any atom is 0.251 e. The molecular weight excluding hydrogens is 266 g/mol. The number of benzene rings is 1. The van der Waals surface area contributed by atoms with Crippen molar-refractivity contribution in [2.75, 3.05) is 37.9 Å². The van der Waals surface area contributed by atoms with Gasteiger partial charge in [-0.2, -0.15) is 0 Å². The Morgan fingerprint density at radius 1 is 1.38 bits per heavy atom. The molecule has 2 rings (SSSR count). The smallest absolute Gasteiger partial charge is 0.251 e. The zero-order valence-electron chi connectivity index (χ0n) is 12.9. The summed E-state index contributed by atoms with van der Waals surface area (Å²) in [4.78, 5) is 14.1. The van der Waals surface area contributed by atoms with Gasteiger partial charge in [0.05, 0.1) is 18.0 Å². The summed E-state index contributed by atoms with van der Waals surface area (Å²) in [7, 11) is 3.83. The molecule has 0 spiro atoms. The van der Waals surface area contributed by atoms with Crippen LogP contribution in [0.4, 0.5) is 11.4 Å². The molecule has 116 valence electrons. The van der Waals surface area contributed by atoms with E-state index >= 15 is 0 Å². The first kappa shape index (κ1) is 15.6. The van der Waals surface area contributed by atoms with Gasteiger partial charge in [0.1, 0.15) is 0 Å². The van der Waals surface area contributed by atoms with E-state index in [1.54, 1.807) is 12.1 Å². The van der Waals surface area contributed by atoms with E-state index in [-0.39, 0.29) is 17.9 Å². The number of hydrogen-bond donors (Lipinski definition) is 3. The molecule has 1 aromatic carbocycles. The van der Waals surface area contributed by atoms with Gasteiger partial charge in [0, 0.05) is 31.6 Å². The number of nitrogens with two attached hydrogens (primary N) is 1. The van der Waals surface area contributed by atoms with Gasteiger partial charge in [-0.05, 0) is 31.0 Å². The van der Waals surface area contributed by atoms with Crippen molar-refractivity contribution in [3.63, 3.8) is 0 Å². The molecule has 0 saturated heterocycles. The van der Waals surface area contributed by atoms with Crippen LogP contribution in [-0.4, -0.2) is 38.3 Å². The molecule has 5 heteroatoms. The first-order valence-corrected chi connectivity index (χ1v) is 7.43. The second-order valence-corrected chi connectivity index (χ2v) is 6.22. The number of carbonyl (C=O) groups is 1. The average Bonchev–Trinajstić information content (AvgIpc) is 2.93. The van der Waals surface area contributed by atoms with Crippen LogP contribution < -0.4 is 16.0 Å². The minimum Gasteiger partial charge on any atom is -0.397 e. The third-order valence-electron chi connectivity index (χ3n) is 4.40. The Labute approximate surface area is 126 Å². The summed E-state index contributed by atoms with van der Waals surface area (Å²) in [5.41, 5.74) is 7.88. The van der Waals surface area contributed by atoms with Crippen molar-refractivity contribution in [1.82, 2.24) is 5.32 Å². The Bertz CT molecular complexity index is 508. The van der Waals surface area contributed by atoms with E-state index in [2.05, 4.69) is 5.32 Å². The van der Waals surface area contributed by atoms with E-state index in [9.17, 15) is 9.90 Å². The van der Waals surface area contributed by atoms with Crippen LogP contribution in [0.3, 0.4) is 0 Å². The molecule has 0 heterocycles. The fourth-order valence-electron chi connectivity index (χ4n) is 2.99. The van der Waals surface area contributed by atoms with Crippen LogP contribution in [0.5, 0.6) is 0 Å². The standard InChI is InChI=1S/C16H25N3O2/c1-19(2)14-6-5-12(9-13(14)17)15(21)18-10-16(11-20)7-3-4-8-16/h5-6,9,20H,3-4,7-8,10-11,17H2,1-2H3,(H,18,21). The SMILES string of the molecule is CN(C)c1ccc(C(=O)NCC2(CO)CCCC2)cc1N. The average molecular weight is 291 g/mol. The normalized spacial score (nSPS) is 16.7. The van der Waals surface area contributed by atoms with Crippen LogP contribution >= 0.6 is 0 Å². The molecule has 1 saturated carbocycles. The number of anilines is 2. The van der Waals surface area contributed by atoms with Gasteiger partial charge in [0.2, 0.25) is 0 Å². The fourth-order valence-corrected chi connectivity index (χ4v) is 2.99. The number of aliphatic hydroxyl groups is 1. The number of amides is 1. The number of nitrogens with zero attached hydrogens (tertiary/aromatic N) is 1. The molecule has 0 unspecified atom stereocenters. The second kappa shape index (κ2) is 6.35. The topological polar surface area (TPSA) is 78.6 Å². The molecule has 0 bridgehead atoms. The summed E-state index contributed by atoms with van der Waals surface area (Å²) in [5, 5.41) is 12.5. The Morgan fingerprint density at radius 2 is 2.05 bits per heavy atom. The maximum absolute atomic E-state index is 12.2. The highest BCUT2D eigenvalue weighted by atomic mass is 16.3. The van der Waals surface area contributed by atoms with Crippen LogP contribution in [0.1, 0.15) is 36.0 Å². The highest BCUT2D eigenvalue weighted by Gasteiger charge is 2.33. The molecule has 1 aliphatic rings. The molecule has 0 aliphatic heterocycles. The minimum atomic E-state index is -0.134. The van der Waals surface area contributed by atoms with Crippen molar-refractivity contribution >= 4 is 17.3 Å². The van der Waals surface area contributed by atoms with Gasteiger partial charge in [-0.3, -0.25) is 4.79 Å². The highest BCUT2D eigenvalue weighted by Crippen LogP contribution is 2.37. The first-order valence-electron chi connectivity index (χ1n) is 7.43. The molecule has 1 amide bonds. The lowest BCUT2D eigenvalue weighted by atomic mass is 9.87. The Kier molecular flexibility index (Phi) is 4.73. The summed E-state index contributed by atoms with van der Waals surface area (Å²) in [6, 6.07) is 5.33. The minimum absolute atomic E-state index is 0.133. The molecule has 0 atom stereocenters. The van der Waals surface area contributed by atoms with E-state index in [1.807, 2.05) is 25.1 Å². The van der Waals surface area contributed by atoms with E-state index in [0.717, 1.165) is 31.4 Å². The van der Waals surface area contributed by atoms with Crippen molar-refractivity contribution in [2.24, 2.45) is 5.41 Å². The second-order valence-electron chi connectivity index (χ2n) is 6.22. The number of rotatable bonds is 5. The maximum atomic E-state index is 12.2. The van der Waals surface area contributed by atoms with E-state index < -0.39 is 0 Å². The molecule has 21 heavy (non-hydrogen) atoms. The van der Waals surface area contributed by atoms with Crippen molar-refractivity contribution in [3.8, 4) is 0 Å². The van der Waals surface area contributed by atoms with Gasteiger partial charge >= 0.3 is 0 Å². The van der Waals surface area contributed by atoms with Crippen LogP contribution in [0, 0.1) is 5.41 Å². The number of nitrogens with one attached hydrogen (secondary N) is 1. The Morgan fingerprint density at radius 3 is 2.57 bits per heavy atom. The highest BCUT2D eigenvalue weighted by molar-refractivity contribution is 5.96. The summed E-state index contributed by atoms with van der Waals surface area (Å²) in [5.74, 6) is -0.133. The van der Waals surface area contributed by atoms with Gasteiger partial charge in [-0.1, -0.05) is 12.8 Å². The predicted octanol–water partition coefficient (Wildman–Crippen LogP) is 1.62. The number of aliphatic hydroxyl groups excluding tert-OH is 1.